The summed E-state index contributed by atoms with van der Waals surface area (Å²) in [4.78, 5) is 16.9. The summed E-state index contributed by atoms with van der Waals surface area (Å²) in [6, 6.07) is 11.1. The SMILES string of the molecule is CC(C)(CCCOc1ccc(C#N)cc1)C(=O)N[C@H]1CC[C@H](Oc2cncc(Cl)c2)CC1. The van der Waals surface area contributed by atoms with Crippen LogP contribution in [0.4, 0.5) is 0 Å². The van der Waals surface area contributed by atoms with Gasteiger partial charge in [0, 0.05) is 23.7 Å². The summed E-state index contributed by atoms with van der Waals surface area (Å²) in [6.07, 6.45) is 8.44. The Morgan fingerprint density at radius 2 is 1.91 bits per heavy atom. The Labute approximate surface area is 194 Å². The van der Waals surface area contributed by atoms with Crippen LogP contribution in [0.2, 0.25) is 5.02 Å². The fourth-order valence-corrected chi connectivity index (χ4v) is 3.96. The number of nitrogens with one attached hydrogen (secondary N) is 1. The van der Waals surface area contributed by atoms with Crippen molar-refractivity contribution in [1.29, 1.82) is 5.26 Å². The second kappa shape index (κ2) is 11.2. The molecule has 170 valence electrons. The van der Waals surface area contributed by atoms with E-state index in [1.807, 2.05) is 13.8 Å². The van der Waals surface area contributed by atoms with Gasteiger partial charge in [-0.05, 0) is 62.8 Å². The molecule has 1 N–H and O–H groups in total. The second-order valence-corrected chi connectivity index (χ2v) is 9.31. The molecule has 1 saturated carbocycles. The normalized spacial score (nSPS) is 18.4. The molecule has 0 saturated heterocycles. The largest absolute Gasteiger partial charge is 0.494 e. The predicted octanol–water partition coefficient (Wildman–Crippen LogP) is 5.30. The molecule has 1 amide bonds. The van der Waals surface area contributed by atoms with Crippen molar-refractivity contribution in [2.24, 2.45) is 5.41 Å². The zero-order valence-corrected chi connectivity index (χ0v) is 19.4. The first-order chi connectivity index (χ1) is 15.4. The lowest BCUT2D eigenvalue weighted by molar-refractivity contribution is -0.130. The third-order valence-electron chi connectivity index (χ3n) is 5.80. The minimum Gasteiger partial charge on any atom is -0.494 e. The van der Waals surface area contributed by atoms with Crippen LogP contribution in [-0.4, -0.2) is 29.6 Å². The molecule has 1 heterocycles. The number of aromatic nitrogens is 1. The lowest BCUT2D eigenvalue weighted by Gasteiger charge is -2.32. The fraction of sp³-hybridized carbons (Fsp3) is 0.480. The first-order valence-electron chi connectivity index (χ1n) is 11.1. The highest BCUT2D eigenvalue weighted by molar-refractivity contribution is 6.30. The Morgan fingerprint density at radius 3 is 2.56 bits per heavy atom. The lowest BCUT2D eigenvalue weighted by atomic mass is 9.85. The van der Waals surface area contributed by atoms with Gasteiger partial charge < -0.3 is 14.8 Å². The van der Waals surface area contributed by atoms with Crippen LogP contribution in [0.1, 0.15) is 57.9 Å². The molecule has 32 heavy (non-hydrogen) atoms. The molecule has 0 unspecified atom stereocenters. The van der Waals surface area contributed by atoms with Crippen molar-refractivity contribution in [3.63, 3.8) is 0 Å². The molecule has 1 fully saturated rings. The van der Waals surface area contributed by atoms with E-state index in [2.05, 4.69) is 16.4 Å². The molecule has 7 heteroatoms. The molecular formula is C25H30ClN3O3. The molecule has 1 aliphatic carbocycles. The summed E-state index contributed by atoms with van der Waals surface area (Å²) in [7, 11) is 0. The second-order valence-electron chi connectivity index (χ2n) is 8.88. The monoisotopic (exact) mass is 455 g/mol. The van der Waals surface area contributed by atoms with Crippen molar-refractivity contribution in [1.82, 2.24) is 10.3 Å². The average molecular weight is 456 g/mol. The van der Waals surface area contributed by atoms with Crippen molar-refractivity contribution < 1.29 is 14.3 Å². The molecule has 0 aliphatic heterocycles. The van der Waals surface area contributed by atoms with Gasteiger partial charge >= 0.3 is 0 Å². The van der Waals surface area contributed by atoms with Crippen LogP contribution in [0.5, 0.6) is 11.5 Å². The van der Waals surface area contributed by atoms with Gasteiger partial charge in [-0.2, -0.15) is 5.26 Å². The maximum atomic E-state index is 12.8. The van der Waals surface area contributed by atoms with E-state index < -0.39 is 5.41 Å². The molecule has 0 atom stereocenters. The molecular weight excluding hydrogens is 426 g/mol. The molecule has 1 aromatic heterocycles. The number of halogens is 1. The molecule has 0 spiro atoms. The van der Waals surface area contributed by atoms with Gasteiger partial charge in [0.2, 0.25) is 5.91 Å². The number of hydrogen-bond donors (Lipinski definition) is 1. The minimum absolute atomic E-state index is 0.0827. The number of hydrogen-bond acceptors (Lipinski definition) is 5. The van der Waals surface area contributed by atoms with Crippen LogP contribution < -0.4 is 14.8 Å². The number of carbonyl (C=O) groups excluding carboxylic acids is 1. The number of nitriles is 1. The molecule has 2 aromatic rings. The van der Waals surface area contributed by atoms with E-state index in [-0.39, 0.29) is 18.1 Å². The van der Waals surface area contributed by atoms with Crippen LogP contribution >= 0.6 is 11.6 Å². The molecule has 3 rings (SSSR count). The molecule has 1 aliphatic rings. The third kappa shape index (κ3) is 7.13. The Bertz CT molecular complexity index is 932. The van der Waals surface area contributed by atoms with E-state index in [0.29, 0.717) is 22.9 Å². The van der Waals surface area contributed by atoms with Gasteiger partial charge in [0.1, 0.15) is 11.5 Å². The summed E-state index contributed by atoms with van der Waals surface area (Å²) in [6.45, 7) is 4.49. The Hall–Kier alpha value is -2.78. The quantitative estimate of drug-likeness (QED) is 0.519. The number of benzene rings is 1. The van der Waals surface area contributed by atoms with E-state index in [9.17, 15) is 4.79 Å². The zero-order chi connectivity index (χ0) is 23.0. The van der Waals surface area contributed by atoms with E-state index in [1.54, 1.807) is 42.7 Å². The highest BCUT2D eigenvalue weighted by Crippen LogP contribution is 2.27. The summed E-state index contributed by atoms with van der Waals surface area (Å²) in [5.74, 6) is 1.51. The van der Waals surface area contributed by atoms with Crippen molar-refractivity contribution in [2.75, 3.05) is 6.61 Å². The smallest absolute Gasteiger partial charge is 0.225 e. The average Bonchev–Trinajstić information content (AvgIpc) is 2.78. The Morgan fingerprint density at radius 1 is 1.19 bits per heavy atom. The third-order valence-corrected chi connectivity index (χ3v) is 6.01. The van der Waals surface area contributed by atoms with Crippen molar-refractivity contribution in [3.05, 3.63) is 53.3 Å². The van der Waals surface area contributed by atoms with Crippen molar-refractivity contribution in [3.8, 4) is 17.6 Å². The van der Waals surface area contributed by atoms with E-state index in [1.165, 1.54) is 0 Å². The van der Waals surface area contributed by atoms with Gasteiger partial charge in [-0.1, -0.05) is 25.4 Å². The number of amides is 1. The van der Waals surface area contributed by atoms with Gasteiger partial charge in [0.25, 0.3) is 0 Å². The summed E-state index contributed by atoms with van der Waals surface area (Å²) >= 11 is 5.97. The number of nitrogens with zero attached hydrogens (tertiary/aromatic N) is 2. The number of carbonyl (C=O) groups is 1. The maximum absolute atomic E-state index is 12.8. The van der Waals surface area contributed by atoms with Crippen LogP contribution in [0.15, 0.2) is 42.7 Å². The van der Waals surface area contributed by atoms with Gasteiger partial charge in [0.15, 0.2) is 0 Å². The Balaban J connectivity index is 1.36. The van der Waals surface area contributed by atoms with Gasteiger partial charge in [-0.15, -0.1) is 0 Å². The van der Waals surface area contributed by atoms with Crippen LogP contribution in [0, 0.1) is 16.7 Å². The number of pyridine rings is 1. The Kier molecular flexibility index (Phi) is 8.35. The molecule has 0 bridgehead atoms. The minimum atomic E-state index is -0.464. The van der Waals surface area contributed by atoms with Gasteiger partial charge in [-0.3, -0.25) is 9.78 Å². The van der Waals surface area contributed by atoms with Gasteiger partial charge in [0.05, 0.1) is 35.6 Å². The van der Waals surface area contributed by atoms with Gasteiger partial charge in [-0.25, -0.2) is 0 Å². The zero-order valence-electron chi connectivity index (χ0n) is 18.6. The van der Waals surface area contributed by atoms with Crippen LogP contribution in [0.3, 0.4) is 0 Å². The lowest BCUT2D eigenvalue weighted by Crippen LogP contribution is -2.45. The summed E-state index contributed by atoms with van der Waals surface area (Å²) in [5, 5.41) is 12.6. The van der Waals surface area contributed by atoms with E-state index in [4.69, 9.17) is 26.3 Å². The first-order valence-corrected chi connectivity index (χ1v) is 11.4. The predicted molar refractivity (Wildman–Crippen MR) is 124 cm³/mol. The number of rotatable bonds is 9. The van der Waals surface area contributed by atoms with Crippen LogP contribution in [-0.2, 0) is 4.79 Å². The van der Waals surface area contributed by atoms with E-state index >= 15 is 0 Å². The topological polar surface area (TPSA) is 84.2 Å². The van der Waals surface area contributed by atoms with E-state index in [0.717, 1.165) is 44.3 Å². The highest BCUT2D eigenvalue weighted by atomic mass is 35.5. The summed E-state index contributed by atoms with van der Waals surface area (Å²) < 4.78 is 11.7. The molecule has 6 nitrogen and oxygen atoms in total. The standard InChI is InChI=1S/C25H30ClN3O3/c1-25(2,12-3-13-31-21-8-4-18(15-27)5-9-21)24(30)29-20-6-10-22(11-7-20)32-23-14-19(26)16-28-17-23/h4-5,8-9,14,16-17,20,22H,3,6-7,10-13H2,1-2H3,(H,29,30)/t20-,22-. The maximum Gasteiger partial charge on any atom is 0.225 e. The summed E-state index contributed by atoms with van der Waals surface area (Å²) in [5.41, 5.74) is 0.144. The van der Waals surface area contributed by atoms with Crippen molar-refractivity contribution in [2.45, 2.75) is 64.5 Å². The molecule has 1 aromatic carbocycles. The van der Waals surface area contributed by atoms with Crippen molar-refractivity contribution >= 4 is 17.5 Å². The van der Waals surface area contributed by atoms with Crippen LogP contribution in [0.25, 0.3) is 0 Å². The molecule has 0 radical (unpaired) electrons. The highest BCUT2D eigenvalue weighted by Gasteiger charge is 2.31. The fourth-order valence-electron chi connectivity index (χ4n) is 3.80. The first kappa shape index (κ1) is 23.9. The number of ether oxygens (including phenoxy) is 2.